The standard InChI is InChI=1S/C20H24N2O3/c23-19-9-5-4-8-17(19)14-20(24)21-15-18(16-6-2-1-3-7-16)22-10-12-25-13-11-22/h1-9,18,23H,10-15H2,(H,21,24)/t18-/m0/s1. The van der Waals surface area contributed by atoms with Gasteiger partial charge in [0, 0.05) is 25.2 Å². The number of nitrogens with zero attached hydrogens (tertiary/aromatic N) is 1. The first kappa shape index (κ1) is 17.5. The molecule has 0 aromatic heterocycles. The number of aromatic hydroxyl groups is 1. The van der Waals surface area contributed by atoms with Crippen molar-refractivity contribution in [2.24, 2.45) is 0 Å². The average molecular weight is 340 g/mol. The van der Waals surface area contributed by atoms with Crippen LogP contribution in [0.1, 0.15) is 17.2 Å². The van der Waals surface area contributed by atoms with Gasteiger partial charge < -0.3 is 15.2 Å². The van der Waals surface area contributed by atoms with Crippen LogP contribution >= 0.6 is 0 Å². The monoisotopic (exact) mass is 340 g/mol. The second kappa shape index (κ2) is 8.65. The molecular formula is C20H24N2O3. The first-order chi connectivity index (χ1) is 12.2. The van der Waals surface area contributed by atoms with Gasteiger partial charge in [0.25, 0.3) is 0 Å². The van der Waals surface area contributed by atoms with E-state index in [1.807, 2.05) is 24.3 Å². The molecular weight excluding hydrogens is 316 g/mol. The molecule has 0 unspecified atom stereocenters. The van der Waals surface area contributed by atoms with Crippen molar-refractivity contribution in [1.29, 1.82) is 0 Å². The number of benzene rings is 2. The molecule has 132 valence electrons. The van der Waals surface area contributed by atoms with Gasteiger partial charge in [-0.3, -0.25) is 9.69 Å². The van der Waals surface area contributed by atoms with Crippen LogP contribution < -0.4 is 5.32 Å². The number of para-hydroxylation sites is 1. The number of carbonyl (C=O) groups excluding carboxylic acids is 1. The lowest BCUT2D eigenvalue weighted by Crippen LogP contribution is -2.44. The Morgan fingerprint density at radius 1 is 1.08 bits per heavy atom. The van der Waals surface area contributed by atoms with Crippen molar-refractivity contribution in [2.75, 3.05) is 32.8 Å². The Balaban J connectivity index is 1.64. The van der Waals surface area contributed by atoms with Crippen LogP contribution in [0.2, 0.25) is 0 Å². The Hall–Kier alpha value is -2.37. The fourth-order valence-corrected chi connectivity index (χ4v) is 3.13. The molecule has 0 spiro atoms. The molecule has 1 aliphatic rings. The summed E-state index contributed by atoms with van der Waals surface area (Å²) in [6.07, 6.45) is 0.178. The quantitative estimate of drug-likeness (QED) is 0.846. The van der Waals surface area contributed by atoms with Crippen LogP contribution in [0.25, 0.3) is 0 Å². The largest absolute Gasteiger partial charge is 0.508 e. The molecule has 1 amide bonds. The summed E-state index contributed by atoms with van der Waals surface area (Å²) in [7, 11) is 0. The molecule has 1 fully saturated rings. The average Bonchev–Trinajstić information content (AvgIpc) is 2.66. The highest BCUT2D eigenvalue weighted by atomic mass is 16.5. The molecule has 2 aromatic carbocycles. The van der Waals surface area contributed by atoms with Crippen LogP contribution in [0.4, 0.5) is 0 Å². The Bertz CT molecular complexity index is 684. The van der Waals surface area contributed by atoms with E-state index in [1.54, 1.807) is 18.2 Å². The summed E-state index contributed by atoms with van der Waals surface area (Å²) in [5.74, 6) is 0.0705. The van der Waals surface area contributed by atoms with Gasteiger partial charge in [0.15, 0.2) is 0 Å². The third kappa shape index (κ3) is 4.81. The molecule has 1 atom stereocenters. The number of phenols is 1. The van der Waals surface area contributed by atoms with Crippen molar-refractivity contribution in [3.05, 3.63) is 65.7 Å². The molecule has 1 aliphatic heterocycles. The number of morpholine rings is 1. The van der Waals surface area contributed by atoms with Crippen molar-refractivity contribution in [2.45, 2.75) is 12.5 Å². The van der Waals surface area contributed by atoms with Crippen LogP contribution in [-0.2, 0) is 16.0 Å². The molecule has 2 N–H and O–H groups in total. The SMILES string of the molecule is O=C(Cc1ccccc1O)NC[C@@H](c1ccccc1)N1CCOCC1. The summed E-state index contributed by atoms with van der Waals surface area (Å²) in [6, 6.07) is 17.3. The highest BCUT2D eigenvalue weighted by Gasteiger charge is 2.23. The maximum Gasteiger partial charge on any atom is 0.224 e. The molecule has 3 rings (SSSR count). The van der Waals surface area contributed by atoms with Gasteiger partial charge in [0.1, 0.15) is 5.75 Å². The van der Waals surface area contributed by atoms with Gasteiger partial charge in [-0.05, 0) is 11.6 Å². The number of nitrogens with one attached hydrogen (secondary N) is 1. The van der Waals surface area contributed by atoms with E-state index in [4.69, 9.17) is 4.74 Å². The summed E-state index contributed by atoms with van der Waals surface area (Å²) in [5.41, 5.74) is 1.83. The minimum absolute atomic E-state index is 0.0873. The van der Waals surface area contributed by atoms with Crippen molar-refractivity contribution in [3.63, 3.8) is 0 Å². The normalized spacial score (nSPS) is 16.3. The molecule has 0 saturated carbocycles. The van der Waals surface area contributed by atoms with Crippen molar-refractivity contribution >= 4 is 5.91 Å². The first-order valence-electron chi connectivity index (χ1n) is 8.64. The van der Waals surface area contributed by atoms with E-state index in [1.165, 1.54) is 5.56 Å². The maximum absolute atomic E-state index is 12.3. The van der Waals surface area contributed by atoms with E-state index in [0.29, 0.717) is 12.1 Å². The van der Waals surface area contributed by atoms with E-state index in [0.717, 1.165) is 26.3 Å². The predicted octanol–water partition coefficient (Wildman–Crippen LogP) is 2.12. The molecule has 0 bridgehead atoms. The van der Waals surface area contributed by atoms with E-state index in [-0.39, 0.29) is 24.1 Å². The Labute approximate surface area is 148 Å². The first-order valence-corrected chi connectivity index (χ1v) is 8.64. The van der Waals surface area contributed by atoms with Gasteiger partial charge in [-0.15, -0.1) is 0 Å². The topological polar surface area (TPSA) is 61.8 Å². The van der Waals surface area contributed by atoms with Gasteiger partial charge in [-0.25, -0.2) is 0 Å². The van der Waals surface area contributed by atoms with Gasteiger partial charge in [-0.2, -0.15) is 0 Å². The summed E-state index contributed by atoms with van der Waals surface area (Å²) in [4.78, 5) is 14.7. The van der Waals surface area contributed by atoms with Crippen LogP contribution in [0.5, 0.6) is 5.75 Å². The molecule has 0 aliphatic carbocycles. The van der Waals surface area contributed by atoms with E-state index in [9.17, 15) is 9.90 Å². The summed E-state index contributed by atoms with van der Waals surface area (Å²) >= 11 is 0. The second-order valence-corrected chi connectivity index (χ2v) is 6.18. The van der Waals surface area contributed by atoms with Gasteiger partial charge in [-0.1, -0.05) is 48.5 Å². The van der Waals surface area contributed by atoms with Crippen LogP contribution in [-0.4, -0.2) is 48.8 Å². The summed E-state index contributed by atoms with van der Waals surface area (Å²) in [6.45, 7) is 3.69. The number of hydrogen-bond donors (Lipinski definition) is 2. The summed E-state index contributed by atoms with van der Waals surface area (Å²) in [5, 5.41) is 12.8. The van der Waals surface area contributed by atoms with Gasteiger partial charge >= 0.3 is 0 Å². The predicted molar refractivity (Wildman–Crippen MR) is 96.4 cm³/mol. The van der Waals surface area contributed by atoms with E-state index in [2.05, 4.69) is 22.3 Å². The molecule has 5 heteroatoms. The molecule has 0 radical (unpaired) electrons. The number of hydrogen-bond acceptors (Lipinski definition) is 4. The molecule has 1 heterocycles. The third-order valence-corrected chi connectivity index (χ3v) is 4.51. The zero-order valence-corrected chi connectivity index (χ0v) is 14.2. The van der Waals surface area contributed by atoms with Crippen molar-refractivity contribution < 1.29 is 14.6 Å². The fraction of sp³-hybridized carbons (Fsp3) is 0.350. The minimum atomic E-state index is -0.0873. The third-order valence-electron chi connectivity index (χ3n) is 4.51. The highest BCUT2D eigenvalue weighted by molar-refractivity contribution is 5.79. The molecule has 2 aromatic rings. The van der Waals surface area contributed by atoms with Crippen LogP contribution in [0.3, 0.4) is 0 Å². The Kier molecular flexibility index (Phi) is 6.04. The second-order valence-electron chi connectivity index (χ2n) is 6.18. The van der Waals surface area contributed by atoms with E-state index >= 15 is 0 Å². The van der Waals surface area contributed by atoms with E-state index < -0.39 is 0 Å². The summed E-state index contributed by atoms with van der Waals surface area (Å²) < 4.78 is 5.45. The highest BCUT2D eigenvalue weighted by Crippen LogP contribution is 2.21. The molecule has 5 nitrogen and oxygen atoms in total. The Morgan fingerprint density at radius 2 is 1.76 bits per heavy atom. The lowest BCUT2D eigenvalue weighted by Gasteiger charge is -2.35. The lowest BCUT2D eigenvalue weighted by molar-refractivity contribution is -0.120. The zero-order valence-electron chi connectivity index (χ0n) is 14.2. The maximum atomic E-state index is 12.3. The van der Waals surface area contributed by atoms with Crippen LogP contribution in [0.15, 0.2) is 54.6 Å². The van der Waals surface area contributed by atoms with Crippen molar-refractivity contribution in [1.82, 2.24) is 10.2 Å². The zero-order chi connectivity index (χ0) is 17.5. The Morgan fingerprint density at radius 3 is 2.48 bits per heavy atom. The number of amides is 1. The lowest BCUT2D eigenvalue weighted by atomic mass is 10.0. The molecule has 1 saturated heterocycles. The fourth-order valence-electron chi connectivity index (χ4n) is 3.13. The van der Waals surface area contributed by atoms with Gasteiger partial charge in [0.05, 0.1) is 25.7 Å². The van der Waals surface area contributed by atoms with Crippen molar-refractivity contribution in [3.8, 4) is 5.75 Å². The molecule has 25 heavy (non-hydrogen) atoms. The van der Waals surface area contributed by atoms with Gasteiger partial charge in [0.2, 0.25) is 5.91 Å². The minimum Gasteiger partial charge on any atom is -0.508 e. The number of ether oxygens (including phenoxy) is 1. The number of carbonyl (C=O) groups is 1. The smallest absolute Gasteiger partial charge is 0.224 e. The number of phenolic OH excluding ortho intramolecular Hbond substituents is 1. The number of rotatable bonds is 6. The van der Waals surface area contributed by atoms with Crippen LogP contribution in [0, 0.1) is 0 Å².